The summed E-state index contributed by atoms with van der Waals surface area (Å²) in [4.78, 5) is 5.03. The van der Waals surface area contributed by atoms with Gasteiger partial charge in [-0.25, -0.2) is 8.42 Å². The van der Waals surface area contributed by atoms with Crippen LogP contribution in [0.25, 0.3) is 0 Å². The molecule has 0 radical (unpaired) electrons. The zero-order valence-corrected chi connectivity index (χ0v) is 15.7. The molecule has 7 heteroatoms. The van der Waals surface area contributed by atoms with Gasteiger partial charge in [0.25, 0.3) is 10.0 Å². The zero-order valence-electron chi connectivity index (χ0n) is 14.9. The van der Waals surface area contributed by atoms with Crippen LogP contribution < -0.4 is 0 Å². The summed E-state index contributed by atoms with van der Waals surface area (Å²) in [5.74, 6) is 0.770. The minimum Gasteiger partial charge on any atom is -0.447 e. The Balaban J connectivity index is 1.40. The zero-order chi connectivity index (χ0) is 17.3. The molecule has 3 saturated heterocycles. The maximum Gasteiger partial charge on any atom is 0.276 e. The van der Waals surface area contributed by atoms with Gasteiger partial charge >= 0.3 is 0 Å². The molecule has 3 fully saturated rings. The second-order valence-corrected chi connectivity index (χ2v) is 9.48. The number of hydrogen-bond donors (Lipinski definition) is 0. The van der Waals surface area contributed by atoms with Gasteiger partial charge in [0.2, 0.25) is 5.09 Å². The lowest BCUT2D eigenvalue weighted by atomic mass is 10.2. The molecule has 1 atom stereocenters. The van der Waals surface area contributed by atoms with Crippen LogP contribution in [0.5, 0.6) is 0 Å². The Kier molecular flexibility index (Phi) is 5.18. The summed E-state index contributed by atoms with van der Waals surface area (Å²) in [7, 11) is -3.44. The summed E-state index contributed by atoms with van der Waals surface area (Å²) in [5.41, 5.74) is 0. The molecule has 3 aliphatic heterocycles. The van der Waals surface area contributed by atoms with E-state index in [1.165, 1.54) is 38.8 Å². The van der Waals surface area contributed by atoms with Gasteiger partial charge in [0, 0.05) is 25.7 Å². The largest absolute Gasteiger partial charge is 0.447 e. The van der Waals surface area contributed by atoms with Crippen molar-refractivity contribution in [1.82, 2.24) is 14.1 Å². The van der Waals surface area contributed by atoms with Crippen LogP contribution in [-0.2, 0) is 16.6 Å². The quantitative estimate of drug-likeness (QED) is 0.771. The molecule has 4 rings (SSSR count). The third kappa shape index (κ3) is 3.79. The maximum atomic E-state index is 12.6. The van der Waals surface area contributed by atoms with E-state index in [0.29, 0.717) is 25.7 Å². The van der Waals surface area contributed by atoms with E-state index in [-0.39, 0.29) is 5.09 Å². The molecule has 0 amide bonds. The standard InChI is InChI=1S/C18H29N3O3S/c22-25(23,21-12-3-4-13-21)18-8-7-17(24-18)15-20-11-5-6-16(20)14-19-9-1-2-10-19/h7-8,16H,1-6,9-15H2. The highest BCUT2D eigenvalue weighted by atomic mass is 32.2. The molecular formula is C18H29N3O3S. The first-order valence-electron chi connectivity index (χ1n) is 9.68. The van der Waals surface area contributed by atoms with Crippen molar-refractivity contribution in [3.8, 4) is 0 Å². The fourth-order valence-corrected chi connectivity index (χ4v) is 5.86. The summed E-state index contributed by atoms with van der Waals surface area (Å²) >= 11 is 0. The van der Waals surface area contributed by atoms with Gasteiger partial charge in [0.15, 0.2) is 0 Å². The second kappa shape index (κ2) is 7.39. The Morgan fingerprint density at radius 1 is 0.960 bits per heavy atom. The number of nitrogens with zero attached hydrogens (tertiary/aromatic N) is 3. The third-order valence-corrected chi connectivity index (χ3v) is 7.59. The second-order valence-electron chi connectivity index (χ2n) is 7.61. The van der Waals surface area contributed by atoms with E-state index >= 15 is 0 Å². The van der Waals surface area contributed by atoms with E-state index in [1.807, 2.05) is 6.07 Å². The van der Waals surface area contributed by atoms with Gasteiger partial charge in [-0.05, 0) is 70.3 Å². The molecular weight excluding hydrogens is 338 g/mol. The van der Waals surface area contributed by atoms with Crippen molar-refractivity contribution in [2.24, 2.45) is 0 Å². The molecule has 1 aromatic rings. The number of likely N-dealkylation sites (tertiary alicyclic amines) is 2. The smallest absolute Gasteiger partial charge is 0.276 e. The van der Waals surface area contributed by atoms with Crippen LogP contribution in [0.3, 0.4) is 0 Å². The molecule has 25 heavy (non-hydrogen) atoms. The van der Waals surface area contributed by atoms with Crippen molar-refractivity contribution in [2.45, 2.75) is 56.2 Å². The van der Waals surface area contributed by atoms with Gasteiger partial charge in [0.05, 0.1) is 6.54 Å². The number of hydrogen-bond acceptors (Lipinski definition) is 5. The summed E-state index contributed by atoms with van der Waals surface area (Å²) in [6.07, 6.45) is 6.98. The minimum atomic E-state index is -3.44. The van der Waals surface area contributed by atoms with Gasteiger partial charge in [-0.3, -0.25) is 4.90 Å². The lowest BCUT2D eigenvalue weighted by Gasteiger charge is -2.27. The first kappa shape index (κ1) is 17.5. The van der Waals surface area contributed by atoms with E-state index < -0.39 is 10.0 Å². The Morgan fingerprint density at radius 3 is 2.44 bits per heavy atom. The Morgan fingerprint density at radius 2 is 1.68 bits per heavy atom. The van der Waals surface area contributed by atoms with Crippen LogP contribution in [0.4, 0.5) is 0 Å². The topological polar surface area (TPSA) is 57.0 Å². The van der Waals surface area contributed by atoms with Crippen LogP contribution in [0.15, 0.2) is 21.6 Å². The first-order valence-corrected chi connectivity index (χ1v) is 11.1. The lowest BCUT2D eigenvalue weighted by molar-refractivity contribution is 0.172. The average molecular weight is 368 g/mol. The monoisotopic (exact) mass is 367 g/mol. The fourth-order valence-electron chi connectivity index (χ4n) is 4.41. The predicted molar refractivity (Wildman–Crippen MR) is 95.8 cm³/mol. The van der Waals surface area contributed by atoms with Crippen molar-refractivity contribution >= 4 is 10.0 Å². The van der Waals surface area contributed by atoms with Gasteiger partial charge in [-0.2, -0.15) is 4.31 Å². The average Bonchev–Trinajstić information content (AvgIpc) is 3.38. The van der Waals surface area contributed by atoms with E-state index in [4.69, 9.17) is 4.42 Å². The van der Waals surface area contributed by atoms with Gasteiger partial charge in [-0.1, -0.05) is 0 Å². The molecule has 4 heterocycles. The van der Waals surface area contributed by atoms with Crippen molar-refractivity contribution in [2.75, 3.05) is 39.3 Å². The Bertz CT molecular complexity index is 675. The number of rotatable bonds is 6. The van der Waals surface area contributed by atoms with Crippen LogP contribution >= 0.6 is 0 Å². The maximum absolute atomic E-state index is 12.6. The highest BCUT2D eigenvalue weighted by Crippen LogP contribution is 2.26. The molecule has 0 spiro atoms. The van der Waals surface area contributed by atoms with E-state index in [0.717, 1.165) is 31.7 Å². The van der Waals surface area contributed by atoms with Gasteiger partial charge < -0.3 is 9.32 Å². The first-order chi connectivity index (χ1) is 12.1. The SMILES string of the molecule is O=S(=O)(c1ccc(CN2CCCC2CN2CCCC2)o1)N1CCCC1. The highest BCUT2D eigenvalue weighted by molar-refractivity contribution is 7.89. The normalized spacial score (nSPS) is 26.8. The molecule has 3 aliphatic rings. The van der Waals surface area contributed by atoms with Gasteiger partial charge in [0.1, 0.15) is 5.76 Å². The summed E-state index contributed by atoms with van der Waals surface area (Å²) in [5, 5.41) is 0.111. The van der Waals surface area contributed by atoms with Crippen molar-refractivity contribution in [3.05, 3.63) is 17.9 Å². The van der Waals surface area contributed by atoms with Crippen LogP contribution in [0.1, 0.15) is 44.3 Å². The molecule has 1 aromatic heterocycles. The lowest BCUT2D eigenvalue weighted by Crippen LogP contribution is -2.38. The van der Waals surface area contributed by atoms with Crippen LogP contribution in [0.2, 0.25) is 0 Å². The molecule has 0 N–H and O–H groups in total. The Labute approximate surface area is 150 Å². The van der Waals surface area contributed by atoms with E-state index in [2.05, 4.69) is 9.80 Å². The summed E-state index contributed by atoms with van der Waals surface area (Å²) < 4.78 is 32.5. The minimum absolute atomic E-state index is 0.111. The Hall–Kier alpha value is -0.890. The molecule has 0 saturated carbocycles. The van der Waals surface area contributed by atoms with Crippen molar-refractivity contribution in [3.63, 3.8) is 0 Å². The van der Waals surface area contributed by atoms with Crippen LogP contribution in [0, 0.1) is 0 Å². The van der Waals surface area contributed by atoms with E-state index in [9.17, 15) is 8.42 Å². The summed E-state index contributed by atoms with van der Waals surface area (Å²) in [6, 6.07) is 4.05. The molecule has 6 nitrogen and oxygen atoms in total. The molecule has 140 valence electrons. The predicted octanol–water partition coefficient (Wildman–Crippen LogP) is 2.12. The molecule has 0 bridgehead atoms. The van der Waals surface area contributed by atoms with Gasteiger partial charge in [-0.15, -0.1) is 0 Å². The third-order valence-electron chi connectivity index (χ3n) is 5.82. The fraction of sp³-hybridized carbons (Fsp3) is 0.778. The molecule has 0 aliphatic carbocycles. The van der Waals surface area contributed by atoms with E-state index in [1.54, 1.807) is 10.4 Å². The van der Waals surface area contributed by atoms with Crippen molar-refractivity contribution in [1.29, 1.82) is 0 Å². The van der Waals surface area contributed by atoms with Crippen LogP contribution in [-0.4, -0.2) is 67.8 Å². The highest BCUT2D eigenvalue weighted by Gasteiger charge is 2.31. The summed E-state index contributed by atoms with van der Waals surface area (Å²) in [6.45, 7) is 6.61. The number of sulfonamides is 1. The number of furan rings is 1. The van der Waals surface area contributed by atoms with Crippen molar-refractivity contribution < 1.29 is 12.8 Å². The molecule has 0 aromatic carbocycles. The molecule has 1 unspecified atom stereocenters.